The molecule has 0 fully saturated rings. The predicted octanol–water partition coefficient (Wildman–Crippen LogP) is 3.69. The molecule has 94 valence electrons. The fourth-order valence-electron chi connectivity index (χ4n) is 1.74. The molecule has 2 nitrogen and oxygen atoms in total. The van der Waals surface area contributed by atoms with Crippen molar-refractivity contribution < 1.29 is 4.79 Å². The van der Waals surface area contributed by atoms with Gasteiger partial charge in [0, 0.05) is 24.0 Å². The zero-order valence-electron chi connectivity index (χ0n) is 10.7. The van der Waals surface area contributed by atoms with Crippen LogP contribution in [-0.4, -0.2) is 23.4 Å². The first-order valence-corrected chi connectivity index (χ1v) is 6.59. The highest BCUT2D eigenvalue weighted by Gasteiger charge is 2.17. The van der Waals surface area contributed by atoms with Crippen LogP contribution in [0.3, 0.4) is 0 Å². The Bertz CT molecular complexity index is 359. The van der Waals surface area contributed by atoms with Gasteiger partial charge in [-0.3, -0.25) is 4.79 Å². The molecule has 0 saturated carbocycles. The molecule has 0 heterocycles. The van der Waals surface area contributed by atoms with E-state index in [4.69, 9.17) is 11.6 Å². The summed E-state index contributed by atoms with van der Waals surface area (Å²) in [4.78, 5) is 14.2. The SMILES string of the molecule is CCCN(C(=O)c1ccc(CCl)cc1)C(C)C. The molecule has 17 heavy (non-hydrogen) atoms. The molecule has 1 rings (SSSR count). The second-order valence-electron chi connectivity index (χ2n) is 4.42. The van der Waals surface area contributed by atoms with Gasteiger partial charge in [-0.15, -0.1) is 11.6 Å². The van der Waals surface area contributed by atoms with Gasteiger partial charge in [-0.1, -0.05) is 19.1 Å². The monoisotopic (exact) mass is 253 g/mol. The minimum absolute atomic E-state index is 0.1000. The van der Waals surface area contributed by atoms with Crippen LogP contribution in [0, 0.1) is 0 Å². The molecule has 0 unspecified atom stereocenters. The van der Waals surface area contributed by atoms with Crippen LogP contribution < -0.4 is 0 Å². The average molecular weight is 254 g/mol. The van der Waals surface area contributed by atoms with Gasteiger partial charge in [0.25, 0.3) is 5.91 Å². The molecule has 0 aliphatic carbocycles. The molecule has 0 spiro atoms. The molecule has 0 aromatic heterocycles. The Morgan fingerprint density at radius 3 is 2.29 bits per heavy atom. The number of carbonyl (C=O) groups excluding carboxylic acids is 1. The first-order valence-electron chi connectivity index (χ1n) is 6.06. The fourth-order valence-corrected chi connectivity index (χ4v) is 1.92. The Morgan fingerprint density at radius 1 is 1.29 bits per heavy atom. The van der Waals surface area contributed by atoms with Crippen LogP contribution in [-0.2, 0) is 5.88 Å². The molecule has 0 aliphatic heterocycles. The Labute approximate surface area is 109 Å². The van der Waals surface area contributed by atoms with E-state index in [-0.39, 0.29) is 11.9 Å². The summed E-state index contributed by atoms with van der Waals surface area (Å²) in [6.07, 6.45) is 0.976. The zero-order valence-corrected chi connectivity index (χ0v) is 11.5. The van der Waals surface area contributed by atoms with Crippen molar-refractivity contribution in [1.82, 2.24) is 4.90 Å². The number of hydrogen-bond acceptors (Lipinski definition) is 1. The van der Waals surface area contributed by atoms with Crippen molar-refractivity contribution in [2.45, 2.75) is 39.1 Å². The molecule has 0 radical (unpaired) electrons. The van der Waals surface area contributed by atoms with Crippen LogP contribution in [0.25, 0.3) is 0 Å². The van der Waals surface area contributed by atoms with Crippen LogP contribution in [0.4, 0.5) is 0 Å². The first kappa shape index (κ1) is 14.0. The van der Waals surface area contributed by atoms with E-state index in [0.29, 0.717) is 5.88 Å². The van der Waals surface area contributed by atoms with Crippen molar-refractivity contribution in [3.8, 4) is 0 Å². The van der Waals surface area contributed by atoms with E-state index in [1.54, 1.807) is 0 Å². The number of alkyl halides is 1. The second kappa shape index (κ2) is 6.65. The highest BCUT2D eigenvalue weighted by molar-refractivity contribution is 6.17. The lowest BCUT2D eigenvalue weighted by atomic mass is 10.1. The van der Waals surface area contributed by atoms with Gasteiger partial charge < -0.3 is 4.90 Å². The fraction of sp³-hybridized carbons (Fsp3) is 0.500. The van der Waals surface area contributed by atoms with Gasteiger partial charge in [-0.05, 0) is 38.0 Å². The quantitative estimate of drug-likeness (QED) is 0.733. The third-order valence-electron chi connectivity index (χ3n) is 2.70. The molecule has 0 saturated heterocycles. The minimum Gasteiger partial charge on any atom is -0.336 e. The topological polar surface area (TPSA) is 20.3 Å². The van der Waals surface area contributed by atoms with E-state index in [9.17, 15) is 4.79 Å². The Balaban J connectivity index is 2.85. The van der Waals surface area contributed by atoms with Crippen LogP contribution in [0.15, 0.2) is 24.3 Å². The van der Waals surface area contributed by atoms with Crippen LogP contribution >= 0.6 is 11.6 Å². The molecule has 1 amide bonds. The van der Waals surface area contributed by atoms with Gasteiger partial charge >= 0.3 is 0 Å². The van der Waals surface area contributed by atoms with E-state index < -0.39 is 0 Å². The van der Waals surface area contributed by atoms with Crippen LogP contribution in [0.5, 0.6) is 0 Å². The molecule has 0 N–H and O–H groups in total. The van der Waals surface area contributed by atoms with Gasteiger partial charge in [-0.25, -0.2) is 0 Å². The predicted molar refractivity (Wildman–Crippen MR) is 72.5 cm³/mol. The normalized spacial score (nSPS) is 10.6. The van der Waals surface area contributed by atoms with Crippen molar-refractivity contribution >= 4 is 17.5 Å². The zero-order chi connectivity index (χ0) is 12.8. The molecule has 3 heteroatoms. The van der Waals surface area contributed by atoms with Crippen LogP contribution in [0.2, 0.25) is 0 Å². The number of nitrogens with zero attached hydrogens (tertiary/aromatic N) is 1. The molecule has 0 aliphatic rings. The molecule has 1 aromatic rings. The summed E-state index contributed by atoms with van der Waals surface area (Å²) >= 11 is 5.73. The first-order chi connectivity index (χ1) is 8.10. The molecule has 0 atom stereocenters. The second-order valence-corrected chi connectivity index (χ2v) is 4.69. The Kier molecular flexibility index (Phi) is 5.49. The van der Waals surface area contributed by atoms with Crippen molar-refractivity contribution in [1.29, 1.82) is 0 Å². The number of hydrogen-bond donors (Lipinski definition) is 0. The molecule has 1 aromatic carbocycles. The maximum Gasteiger partial charge on any atom is 0.254 e. The van der Waals surface area contributed by atoms with E-state index >= 15 is 0 Å². The molecular formula is C14H20ClNO. The average Bonchev–Trinajstić information content (AvgIpc) is 2.35. The lowest BCUT2D eigenvalue weighted by molar-refractivity contribution is 0.0706. The third-order valence-corrected chi connectivity index (χ3v) is 3.01. The lowest BCUT2D eigenvalue weighted by Crippen LogP contribution is -2.37. The number of amides is 1. The van der Waals surface area contributed by atoms with E-state index in [1.165, 1.54) is 0 Å². The summed E-state index contributed by atoms with van der Waals surface area (Å²) < 4.78 is 0. The highest BCUT2D eigenvalue weighted by atomic mass is 35.5. The Hall–Kier alpha value is -1.02. The number of carbonyl (C=O) groups is 1. The smallest absolute Gasteiger partial charge is 0.254 e. The van der Waals surface area contributed by atoms with Crippen molar-refractivity contribution in [2.75, 3.05) is 6.54 Å². The number of halogens is 1. The third kappa shape index (κ3) is 3.74. The summed E-state index contributed by atoms with van der Waals surface area (Å²) in [5, 5.41) is 0. The minimum atomic E-state index is 0.1000. The van der Waals surface area contributed by atoms with E-state index in [2.05, 4.69) is 6.92 Å². The maximum absolute atomic E-state index is 12.3. The largest absolute Gasteiger partial charge is 0.336 e. The van der Waals surface area contributed by atoms with Gasteiger partial charge in [0.1, 0.15) is 0 Å². The van der Waals surface area contributed by atoms with Crippen molar-refractivity contribution in [3.63, 3.8) is 0 Å². The van der Waals surface area contributed by atoms with E-state index in [0.717, 1.165) is 24.1 Å². The lowest BCUT2D eigenvalue weighted by Gasteiger charge is -2.26. The molecule has 0 bridgehead atoms. The number of rotatable bonds is 5. The standard InChI is InChI=1S/C14H20ClNO/c1-4-9-16(11(2)3)14(17)13-7-5-12(10-15)6-8-13/h5-8,11H,4,9-10H2,1-3H3. The van der Waals surface area contributed by atoms with Gasteiger partial charge in [0.05, 0.1) is 0 Å². The van der Waals surface area contributed by atoms with Gasteiger partial charge in [-0.2, -0.15) is 0 Å². The van der Waals surface area contributed by atoms with Crippen LogP contribution in [0.1, 0.15) is 43.1 Å². The summed E-state index contributed by atoms with van der Waals surface area (Å²) in [6.45, 7) is 6.97. The summed E-state index contributed by atoms with van der Waals surface area (Å²) in [7, 11) is 0. The van der Waals surface area contributed by atoms with E-state index in [1.807, 2.05) is 43.0 Å². The van der Waals surface area contributed by atoms with Crippen molar-refractivity contribution in [3.05, 3.63) is 35.4 Å². The summed E-state index contributed by atoms with van der Waals surface area (Å²) in [6, 6.07) is 7.75. The van der Waals surface area contributed by atoms with Crippen molar-refractivity contribution in [2.24, 2.45) is 0 Å². The van der Waals surface area contributed by atoms with Gasteiger partial charge in [0.2, 0.25) is 0 Å². The Morgan fingerprint density at radius 2 is 1.88 bits per heavy atom. The molecular weight excluding hydrogens is 234 g/mol. The van der Waals surface area contributed by atoms with Gasteiger partial charge in [0.15, 0.2) is 0 Å². The summed E-state index contributed by atoms with van der Waals surface area (Å²) in [5.41, 5.74) is 1.77. The number of benzene rings is 1. The highest BCUT2D eigenvalue weighted by Crippen LogP contribution is 2.12. The summed E-state index contributed by atoms with van der Waals surface area (Å²) in [5.74, 6) is 0.583. The maximum atomic E-state index is 12.3.